The molecule has 1 aromatic heterocycles. The van der Waals surface area contributed by atoms with Crippen LogP contribution in [0.4, 0.5) is 0 Å². The number of para-hydroxylation sites is 1. The summed E-state index contributed by atoms with van der Waals surface area (Å²) in [5.41, 5.74) is 1.68. The van der Waals surface area contributed by atoms with E-state index in [4.69, 9.17) is 0 Å². The van der Waals surface area contributed by atoms with Crippen LogP contribution in [0, 0.1) is 0 Å². The first-order chi connectivity index (χ1) is 9.65. The minimum atomic E-state index is -0.549. The molecule has 3 rings (SSSR count). The van der Waals surface area contributed by atoms with Gasteiger partial charge < -0.3 is 10.6 Å². The van der Waals surface area contributed by atoms with E-state index in [1.807, 2.05) is 24.3 Å². The summed E-state index contributed by atoms with van der Waals surface area (Å²) in [5, 5.41) is 13.4. The number of hydrogen-bond donors (Lipinski definition) is 2. The van der Waals surface area contributed by atoms with Crippen LogP contribution in [0.1, 0.15) is 6.92 Å². The Morgan fingerprint density at radius 1 is 1.25 bits per heavy atom. The van der Waals surface area contributed by atoms with Crippen LogP contribution in [0.3, 0.4) is 0 Å². The molecule has 0 aliphatic carbocycles. The first-order valence-corrected chi connectivity index (χ1v) is 7.14. The fraction of sp³-hybridized carbons (Fsp3) is 0.333. The zero-order valence-electron chi connectivity index (χ0n) is 10.7. The van der Waals surface area contributed by atoms with E-state index < -0.39 is 12.1 Å². The summed E-state index contributed by atoms with van der Waals surface area (Å²) < 4.78 is 1.66. The van der Waals surface area contributed by atoms with E-state index in [0.29, 0.717) is 5.75 Å². The highest BCUT2D eigenvalue weighted by molar-refractivity contribution is 7.97. The predicted octanol–water partition coefficient (Wildman–Crippen LogP) is -0.0693. The van der Waals surface area contributed by atoms with E-state index in [1.165, 1.54) is 11.9 Å². The maximum absolute atomic E-state index is 11.8. The standard InChI is InChI=1S/C12H13N5O2S/c1-7-11(18)14-9(12(19)13-7)6-20-17-10-5-3-2-4-8(10)15-16-17/h2-5,7,9H,6H2,1H3,(H,13,19)(H,14,18)/t7?,9-/m0/s1. The van der Waals surface area contributed by atoms with Crippen LogP contribution < -0.4 is 10.6 Å². The van der Waals surface area contributed by atoms with E-state index in [2.05, 4.69) is 20.9 Å². The van der Waals surface area contributed by atoms with Gasteiger partial charge in [0.15, 0.2) is 0 Å². The van der Waals surface area contributed by atoms with E-state index in [-0.39, 0.29) is 11.8 Å². The smallest absolute Gasteiger partial charge is 0.244 e. The van der Waals surface area contributed by atoms with Gasteiger partial charge in [0.2, 0.25) is 11.8 Å². The quantitative estimate of drug-likeness (QED) is 0.826. The maximum atomic E-state index is 11.8. The number of carbonyl (C=O) groups is 2. The number of piperazine rings is 1. The summed E-state index contributed by atoms with van der Waals surface area (Å²) in [6.07, 6.45) is 0. The number of rotatable bonds is 3. The van der Waals surface area contributed by atoms with Crippen LogP contribution in [0.2, 0.25) is 0 Å². The van der Waals surface area contributed by atoms with Gasteiger partial charge >= 0.3 is 0 Å². The molecule has 2 amide bonds. The van der Waals surface area contributed by atoms with Crippen LogP contribution in [0.5, 0.6) is 0 Å². The normalized spacial score (nSPS) is 22.6. The molecule has 0 bridgehead atoms. The molecule has 104 valence electrons. The number of fused-ring (bicyclic) bond motifs is 1. The number of carbonyl (C=O) groups excluding carboxylic acids is 2. The fourth-order valence-corrected chi connectivity index (χ4v) is 2.85. The van der Waals surface area contributed by atoms with Gasteiger partial charge in [0, 0.05) is 5.75 Å². The molecule has 7 nitrogen and oxygen atoms in total. The van der Waals surface area contributed by atoms with Crippen LogP contribution in [-0.4, -0.2) is 44.1 Å². The highest BCUT2D eigenvalue weighted by Gasteiger charge is 2.31. The molecule has 8 heteroatoms. The van der Waals surface area contributed by atoms with Gasteiger partial charge in [-0.3, -0.25) is 9.59 Å². The Kier molecular flexibility index (Phi) is 3.31. The topological polar surface area (TPSA) is 88.9 Å². The number of nitrogens with one attached hydrogen (secondary N) is 2. The van der Waals surface area contributed by atoms with Crippen LogP contribution in [0.25, 0.3) is 11.0 Å². The third kappa shape index (κ3) is 2.34. The Morgan fingerprint density at radius 3 is 2.90 bits per heavy atom. The largest absolute Gasteiger partial charge is 0.343 e. The summed E-state index contributed by atoms with van der Waals surface area (Å²) in [7, 11) is 0. The molecule has 1 saturated heterocycles. The average Bonchev–Trinajstić information content (AvgIpc) is 2.85. The number of amides is 2. The zero-order valence-corrected chi connectivity index (χ0v) is 11.6. The molecule has 2 heterocycles. The second kappa shape index (κ2) is 5.12. The van der Waals surface area contributed by atoms with Gasteiger partial charge in [-0.05, 0) is 31.0 Å². The van der Waals surface area contributed by atoms with Crippen molar-refractivity contribution >= 4 is 34.8 Å². The lowest BCUT2D eigenvalue weighted by Crippen LogP contribution is -2.61. The molecule has 20 heavy (non-hydrogen) atoms. The lowest BCUT2D eigenvalue weighted by atomic mass is 10.2. The van der Waals surface area contributed by atoms with E-state index in [0.717, 1.165) is 11.0 Å². The molecule has 1 unspecified atom stereocenters. The Morgan fingerprint density at radius 2 is 2.05 bits per heavy atom. The number of benzene rings is 1. The molecule has 0 radical (unpaired) electrons. The third-order valence-electron chi connectivity index (χ3n) is 3.07. The molecule has 0 spiro atoms. The highest BCUT2D eigenvalue weighted by Crippen LogP contribution is 2.17. The van der Waals surface area contributed by atoms with Gasteiger partial charge in [0.25, 0.3) is 0 Å². The molecular formula is C12H13N5O2S. The lowest BCUT2D eigenvalue weighted by Gasteiger charge is -2.27. The second-order valence-electron chi connectivity index (χ2n) is 4.54. The molecule has 2 N–H and O–H groups in total. The average molecular weight is 291 g/mol. The van der Waals surface area contributed by atoms with Gasteiger partial charge in [-0.15, -0.1) is 5.10 Å². The molecule has 0 saturated carbocycles. The monoisotopic (exact) mass is 291 g/mol. The van der Waals surface area contributed by atoms with Crippen molar-refractivity contribution in [3.63, 3.8) is 0 Å². The number of nitrogens with zero attached hydrogens (tertiary/aromatic N) is 3. The van der Waals surface area contributed by atoms with Crippen molar-refractivity contribution < 1.29 is 9.59 Å². The maximum Gasteiger partial charge on any atom is 0.244 e. The van der Waals surface area contributed by atoms with Crippen molar-refractivity contribution in [1.29, 1.82) is 0 Å². The highest BCUT2D eigenvalue weighted by atomic mass is 32.2. The van der Waals surface area contributed by atoms with Gasteiger partial charge in [0.1, 0.15) is 23.1 Å². The fourth-order valence-electron chi connectivity index (χ4n) is 1.95. The molecule has 1 aromatic carbocycles. The van der Waals surface area contributed by atoms with Gasteiger partial charge in [-0.25, -0.2) is 0 Å². The molecule has 1 aliphatic heterocycles. The summed E-state index contributed by atoms with van der Waals surface area (Å²) >= 11 is 1.34. The van der Waals surface area contributed by atoms with Crippen molar-refractivity contribution in [3.8, 4) is 0 Å². The first kappa shape index (κ1) is 12.9. The van der Waals surface area contributed by atoms with E-state index >= 15 is 0 Å². The van der Waals surface area contributed by atoms with E-state index in [9.17, 15) is 9.59 Å². The molecule has 1 aliphatic rings. The van der Waals surface area contributed by atoms with Crippen molar-refractivity contribution in [2.75, 3.05) is 5.75 Å². The van der Waals surface area contributed by atoms with Gasteiger partial charge in [0.05, 0.1) is 0 Å². The van der Waals surface area contributed by atoms with Crippen LogP contribution >= 0.6 is 11.9 Å². The number of hydrogen-bond acceptors (Lipinski definition) is 5. The van der Waals surface area contributed by atoms with Gasteiger partial charge in [-0.1, -0.05) is 17.3 Å². The van der Waals surface area contributed by atoms with Crippen molar-refractivity contribution in [2.45, 2.75) is 19.0 Å². The Labute approximate surface area is 119 Å². The molecular weight excluding hydrogens is 278 g/mol. The number of aromatic nitrogens is 3. The summed E-state index contributed by atoms with van der Waals surface area (Å²) in [5.74, 6) is 0.0603. The minimum absolute atomic E-state index is 0.168. The van der Waals surface area contributed by atoms with Crippen molar-refractivity contribution in [2.24, 2.45) is 0 Å². The van der Waals surface area contributed by atoms with E-state index in [1.54, 1.807) is 11.0 Å². The Hall–Kier alpha value is -2.09. The first-order valence-electron chi connectivity index (χ1n) is 6.19. The molecule has 2 atom stereocenters. The zero-order chi connectivity index (χ0) is 14.1. The predicted molar refractivity (Wildman–Crippen MR) is 74.9 cm³/mol. The van der Waals surface area contributed by atoms with Gasteiger partial charge in [-0.2, -0.15) is 4.09 Å². The van der Waals surface area contributed by atoms with Crippen LogP contribution in [0.15, 0.2) is 24.3 Å². The molecule has 1 fully saturated rings. The second-order valence-corrected chi connectivity index (χ2v) is 5.48. The van der Waals surface area contributed by atoms with Crippen molar-refractivity contribution in [3.05, 3.63) is 24.3 Å². The Bertz CT molecular complexity index is 671. The Balaban J connectivity index is 1.70. The minimum Gasteiger partial charge on any atom is -0.343 e. The summed E-state index contributed by atoms with van der Waals surface area (Å²) in [4.78, 5) is 23.3. The summed E-state index contributed by atoms with van der Waals surface area (Å²) in [6.45, 7) is 1.65. The molecule has 2 aromatic rings. The SMILES string of the molecule is CC1NC(=O)[C@H](CSn2nnc3ccccc32)NC1=O. The van der Waals surface area contributed by atoms with Crippen molar-refractivity contribution in [1.82, 2.24) is 25.0 Å². The van der Waals surface area contributed by atoms with Crippen LogP contribution in [-0.2, 0) is 9.59 Å². The lowest BCUT2D eigenvalue weighted by molar-refractivity contribution is -0.135. The summed E-state index contributed by atoms with van der Waals surface area (Å²) in [6, 6.07) is 6.55. The third-order valence-corrected chi connectivity index (χ3v) is 4.07.